The average Bonchev–Trinajstić information content (AvgIpc) is 3.31. The number of H-pyrrole nitrogens is 1. The number of rotatable bonds is 6. The number of aromatic nitrogens is 4. The van der Waals surface area contributed by atoms with Gasteiger partial charge in [0.1, 0.15) is 11.5 Å². The Balaban J connectivity index is 1.60. The first-order valence-corrected chi connectivity index (χ1v) is 9.39. The topological polar surface area (TPSA) is 99.3 Å². The van der Waals surface area contributed by atoms with Crippen LogP contribution in [0.25, 0.3) is 0 Å². The summed E-state index contributed by atoms with van der Waals surface area (Å²) in [6.45, 7) is 8.02. The van der Waals surface area contributed by atoms with Gasteiger partial charge < -0.3 is 24.8 Å². The van der Waals surface area contributed by atoms with Gasteiger partial charge in [-0.3, -0.25) is 4.79 Å². The number of ether oxygens (including phenoxy) is 1. The molecule has 0 unspecified atom stereocenters. The number of amides is 1. The fourth-order valence-electron chi connectivity index (χ4n) is 3.38. The van der Waals surface area contributed by atoms with Crippen molar-refractivity contribution in [3.63, 3.8) is 0 Å². The van der Waals surface area contributed by atoms with Crippen molar-refractivity contribution in [2.45, 2.75) is 32.9 Å². The minimum Gasteiger partial charge on any atom is -0.378 e. The summed E-state index contributed by atoms with van der Waals surface area (Å²) in [4.78, 5) is 33.3. The van der Waals surface area contributed by atoms with Crippen LogP contribution in [0, 0.1) is 0 Å². The summed E-state index contributed by atoms with van der Waals surface area (Å²) in [6, 6.07) is 0.121. The van der Waals surface area contributed by atoms with E-state index in [0.717, 1.165) is 36.6 Å². The molecular weight excluding hydrogens is 346 g/mol. The quantitative estimate of drug-likeness (QED) is 0.783. The fraction of sp³-hybridized carbons (Fsp3) is 0.556. The maximum Gasteiger partial charge on any atom is 0.273 e. The Morgan fingerprint density at radius 2 is 2.11 bits per heavy atom. The number of nitrogens with one attached hydrogen (secondary N) is 2. The van der Waals surface area contributed by atoms with Gasteiger partial charge in [-0.1, -0.05) is 0 Å². The van der Waals surface area contributed by atoms with Crippen molar-refractivity contribution in [3.05, 3.63) is 29.5 Å². The Bertz CT molecular complexity index is 800. The van der Waals surface area contributed by atoms with E-state index < -0.39 is 0 Å². The van der Waals surface area contributed by atoms with Crippen molar-refractivity contribution in [1.82, 2.24) is 24.8 Å². The van der Waals surface area contributed by atoms with Crippen LogP contribution in [0.4, 0.5) is 11.8 Å². The van der Waals surface area contributed by atoms with Crippen LogP contribution in [0.3, 0.4) is 0 Å². The molecule has 0 aromatic carbocycles. The highest BCUT2D eigenvalue weighted by atomic mass is 16.5. The number of anilines is 2. The first-order chi connectivity index (χ1) is 13.1. The van der Waals surface area contributed by atoms with Gasteiger partial charge in [0.25, 0.3) is 5.91 Å². The van der Waals surface area contributed by atoms with E-state index in [9.17, 15) is 4.79 Å². The van der Waals surface area contributed by atoms with Gasteiger partial charge in [0.2, 0.25) is 5.95 Å². The smallest absolute Gasteiger partial charge is 0.273 e. The average molecular weight is 371 g/mol. The summed E-state index contributed by atoms with van der Waals surface area (Å²) >= 11 is 0. The van der Waals surface area contributed by atoms with Gasteiger partial charge in [-0.15, -0.1) is 0 Å². The Morgan fingerprint density at radius 3 is 2.81 bits per heavy atom. The van der Waals surface area contributed by atoms with E-state index in [1.54, 1.807) is 6.33 Å². The van der Waals surface area contributed by atoms with Crippen LogP contribution in [-0.4, -0.2) is 69.6 Å². The van der Waals surface area contributed by atoms with E-state index in [1.165, 1.54) is 0 Å². The molecule has 1 amide bonds. The van der Waals surface area contributed by atoms with Crippen molar-refractivity contribution in [3.8, 4) is 0 Å². The fourth-order valence-corrected chi connectivity index (χ4v) is 3.38. The van der Waals surface area contributed by atoms with Crippen molar-refractivity contribution in [2.24, 2.45) is 0 Å². The summed E-state index contributed by atoms with van der Waals surface area (Å²) in [7, 11) is 0. The van der Waals surface area contributed by atoms with Gasteiger partial charge in [0.05, 0.1) is 31.8 Å². The molecule has 4 rings (SSSR count). The largest absolute Gasteiger partial charge is 0.378 e. The molecule has 2 aromatic heterocycles. The standard InChI is InChI=1S/C18H25N7O2/c1-12(2)25-10-14-15(17(25)26)22-18(24-5-7-27-8-6-24)23-16(14)20-4-3-13-9-19-11-21-13/h9,11-12H,3-8,10H2,1-2H3,(H,19,21)(H,20,22,23). The third-order valence-electron chi connectivity index (χ3n) is 4.93. The highest BCUT2D eigenvalue weighted by Gasteiger charge is 2.34. The second-order valence-electron chi connectivity index (χ2n) is 7.06. The van der Waals surface area contributed by atoms with Gasteiger partial charge in [-0.05, 0) is 13.8 Å². The van der Waals surface area contributed by atoms with Crippen LogP contribution in [-0.2, 0) is 17.7 Å². The zero-order valence-corrected chi connectivity index (χ0v) is 15.7. The predicted octanol–water partition coefficient (Wildman–Crippen LogP) is 1.06. The molecule has 27 heavy (non-hydrogen) atoms. The molecule has 4 heterocycles. The number of carbonyl (C=O) groups excluding carboxylic acids is 1. The molecule has 2 aliphatic heterocycles. The molecular formula is C18H25N7O2. The molecule has 2 aliphatic rings. The maximum atomic E-state index is 12.8. The van der Waals surface area contributed by atoms with Gasteiger partial charge in [0.15, 0.2) is 0 Å². The monoisotopic (exact) mass is 371 g/mol. The molecule has 0 aliphatic carbocycles. The summed E-state index contributed by atoms with van der Waals surface area (Å²) < 4.78 is 5.42. The Labute approximate surface area is 158 Å². The van der Waals surface area contributed by atoms with Crippen molar-refractivity contribution in [2.75, 3.05) is 43.1 Å². The third kappa shape index (κ3) is 3.59. The Hall–Kier alpha value is -2.68. The summed E-state index contributed by atoms with van der Waals surface area (Å²) in [5, 5.41) is 3.40. The Kier molecular flexibility index (Phi) is 4.93. The number of fused-ring (bicyclic) bond motifs is 1. The first-order valence-electron chi connectivity index (χ1n) is 9.39. The van der Waals surface area contributed by atoms with Crippen molar-refractivity contribution in [1.29, 1.82) is 0 Å². The molecule has 2 N–H and O–H groups in total. The maximum absolute atomic E-state index is 12.8. The minimum atomic E-state index is -0.0211. The third-order valence-corrected chi connectivity index (χ3v) is 4.93. The zero-order chi connectivity index (χ0) is 18.8. The minimum absolute atomic E-state index is 0.0211. The van der Waals surface area contributed by atoms with E-state index in [-0.39, 0.29) is 11.9 Å². The highest BCUT2D eigenvalue weighted by Crippen LogP contribution is 2.30. The second kappa shape index (κ2) is 7.51. The first kappa shape index (κ1) is 17.7. The van der Waals surface area contributed by atoms with E-state index >= 15 is 0 Å². The molecule has 1 fully saturated rings. The van der Waals surface area contributed by atoms with E-state index in [1.807, 2.05) is 24.9 Å². The Morgan fingerprint density at radius 1 is 1.30 bits per heavy atom. The highest BCUT2D eigenvalue weighted by molar-refractivity contribution is 5.98. The van der Waals surface area contributed by atoms with Gasteiger partial charge >= 0.3 is 0 Å². The SMILES string of the molecule is CC(C)N1Cc2c(NCCc3c[nH]cn3)nc(N3CCOCC3)nc2C1=O. The van der Waals surface area contributed by atoms with Crippen LogP contribution in [0.5, 0.6) is 0 Å². The van der Waals surface area contributed by atoms with E-state index in [0.29, 0.717) is 37.9 Å². The zero-order valence-electron chi connectivity index (χ0n) is 15.7. The summed E-state index contributed by atoms with van der Waals surface area (Å²) in [6.07, 6.45) is 4.33. The van der Waals surface area contributed by atoms with Gasteiger partial charge in [-0.25, -0.2) is 9.97 Å². The molecule has 0 spiro atoms. The molecule has 2 aromatic rings. The van der Waals surface area contributed by atoms with Crippen molar-refractivity contribution < 1.29 is 9.53 Å². The van der Waals surface area contributed by atoms with Crippen LogP contribution in [0.2, 0.25) is 0 Å². The lowest BCUT2D eigenvalue weighted by Gasteiger charge is -2.27. The molecule has 144 valence electrons. The lowest BCUT2D eigenvalue weighted by atomic mass is 10.2. The number of nitrogens with zero attached hydrogens (tertiary/aromatic N) is 5. The number of aromatic amines is 1. The van der Waals surface area contributed by atoms with Crippen LogP contribution in [0.1, 0.15) is 35.6 Å². The molecule has 0 atom stereocenters. The lowest BCUT2D eigenvalue weighted by molar-refractivity contribution is 0.0726. The predicted molar refractivity (Wildman–Crippen MR) is 101 cm³/mol. The number of hydrogen-bond donors (Lipinski definition) is 2. The molecule has 9 heteroatoms. The van der Waals surface area contributed by atoms with Crippen LogP contribution < -0.4 is 10.2 Å². The van der Waals surface area contributed by atoms with E-state index in [4.69, 9.17) is 9.72 Å². The van der Waals surface area contributed by atoms with E-state index in [2.05, 4.69) is 25.2 Å². The van der Waals surface area contributed by atoms with Crippen LogP contribution in [0.15, 0.2) is 12.5 Å². The molecule has 1 saturated heterocycles. The number of hydrogen-bond acceptors (Lipinski definition) is 7. The molecule has 0 radical (unpaired) electrons. The second-order valence-corrected chi connectivity index (χ2v) is 7.06. The normalized spacial score (nSPS) is 16.9. The molecule has 0 bridgehead atoms. The van der Waals surface area contributed by atoms with Gasteiger partial charge in [0, 0.05) is 43.9 Å². The van der Waals surface area contributed by atoms with Gasteiger partial charge in [-0.2, -0.15) is 4.98 Å². The number of imidazole rings is 1. The van der Waals surface area contributed by atoms with Crippen molar-refractivity contribution >= 4 is 17.7 Å². The summed E-state index contributed by atoms with van der Waals surface area (Å²) in [5.74, 6) is 1.32. The molecule has 0 saturated carbocycles. The molecule has 9 nitrogen and oxygen atoms in total. The number of carbonyl (C=O) groups is 1. The lowest BCUT2D eigenvalue weighted by Crippen LogP contribution is -2.37. The van der Waals surface area contributed by atoms with Crippen LogP contribution >= 0.6 is 0 Å². The summed E-state index contributed by atoms with van der Waals surface area (Å²) in [5.41, 5.74) is 2.39. The number of morpholine rings is 1.